The van der Waals surface area contributed by atoms with Crippen LogP contribution in [0, 0.1) is 0 Å². The highest BCUT2D eigenvalue weighted by molar-refractivity contribution is 9.10. The molecule has 0 aliphatic carbocycles. The Morgan fingerprint density at radius 3 is 2.54 bits per heavy atom. The van der Waals surface area contributed by atoms with Crippen molar-refractivity contribution in [1.29, 1.82) is 0 Å². The normalized spacial score (nSPS) is 10.3. The Balaban J connectivity index is 2.25. The lowest BCUT2D eigenvalue weighted by Gasteiger charge is -2.03. The smallest absolute Gasteiger partial charge is 0.0235 e. The molecule has 0 fully saturated rings. The molecule has 1 nitrogen and oxygen atoms in total. The van der Waals surface area contributed by atoms with Gasteiger partial charge in [0.15, 0.2) is 0 Å². The molecular weight excluding hydrogens is 249 g/mol. The number of benzene rings is 1. The molecule has 3 heteroatoms. The first kappa shape index (κ1) is 11.0. The molecule has 13 heavy (non-hydrogen) atoms. The van der Waals surface area contributed by atoms with Crippen molar-refractivity contribution in [1.82, 2.24) is 5.32 Å². The third kappa shape index (κ3) is 4.65. The number of nitrogens with one attached hydrogen (secondary N) is 1. The molecule has 72 valence electrons. The lowest BCUT2D eigenvalue weighted by atomic mass is 10.2. The molecule has 0 aromatic heterocycles. The zero-order valence-electron chi connectivity index (χ0n) is 7.39. The molecule has 1 rings (SSSR count). The van der Waals surface area contributed by atoms with Gasteiger partial charge >= 0.3 is 0 Å². The molecule has 0 radical (unpaired) electrons. The number of hydrogen-bond acceptors (Lipinski definition) is 1. The van der Waals surface area contributed by atoms with Crippen LogP contribution in [0.1, 0.15) is 12.0 Å². The summed E-state index contributed by atoms with van der Waals surface area (Å²) in [7, 11) is 0. The fraction of sp³-hybridized carbons (Fsp3) is 0.400. The average molecular weight is 263 g/mol. The molecule has 1 aromatic rings. The number of halogens is 2. The van der Waals surface area contributed by atoms with E-state index in [1.807, 2.05) is 0 Å². The number of alkyl halides is 1. The second kappa shape index (κ2) is 6.41. The monoisotopic (exact) mass is 261 g/mol. The molecule has 0 unspecified atom stereocenters. The summed E-state index contributed by atoms with van der Waals surface area (Å²) in [4.78, 5) is 0. The van der Waals surface area contributed by atoms with Crippen molar-refractivity contribution in [2.45, 2.75) is 13.0 Å². The first-order valence-electron chi connectivity index (χ1n) is 4.34. The molecule has 0 saturated carbocycles. The minimum atomic E-state index is 0.730. The highest BCUT2D eigenvalue weighted by Gasteiger charge is 1.91. The second-order valence-corrected chi connectivity index (χ2v) is 4.14. The van der Waals surface area contributed by atoms with Gasteiger partial charge in [0.1, 0.15) is 0 Å². The fourth-order valence-corrected chi connectivity index (χ4v) is 1.42. The van der Waals surface area contributed by atoms with Crippen LogP contribution in [0.3, 0.4) is 0 Å². The summed E-state index contributed by atoms with van der Waals surface area (Å²) in [5, 5.41) is 3.32. The summed E-state index contributed by atoms with van der Waals surface area (Å²) in [6.45, 7) is 1.91. The van der Waals surface area contributed by atoms with E-state index in [0.29, 0.717) is 0 Å². The van der Waals surface area contributed by atoms with Crippen molar-refractivity contribution in [2.24, 2.45) is 0 Å². The van der Waals surface area contributed by atoms with Crippen LogP contribution < -0.4 is 5.32 Å². The third-order valence-electron chi connectivity index (χ3n) is 1.73. The maximum absolute atomic E-state index is 5.56. The molecule has 0 heterocycles. The van der Waals surface area contributed by atoms with E-state index in [0.717, 1.165) is 29.9 Å². The van der Waals surface area contributed by atoms with Crippen LogP contribution in [0.4, 0.5) is 0 Å². The van der Waals surface area contributed by atoms with Gasteiger partial charge in [-0.05, 0) is 30.7 Å². The molecule has 0 atom stereocenters. The third-order valence-corrected chi connectivity index (χ3v) is 2.53. The Morgan fingerprint density at radius 1 is 1.23 bits per heavy atom. The molecule has 0 aliphatic heterocycles. The molecule has 0 spiro atoms. The summed E-state index contributed by atoms with van der Waals surface area (Å²) in [5.41, 5.74) is 1.30. The van der Waals surface area contributed by atoms with E-state index in [1.54, 1.807) is 0 Å². The van der Waals surface area contributed by atoms with Crippen molar-refractivity contribution < 1.29 is 0 Å². The Morgan fingerprint density at radius 2 is 1.92 bits per heavy atom. The van der Waals surface area contributed by atoms with E-state index in [4.69, 9.17) is 11.6 Å². The van der Waals surface area contributed by atoms with Crippen LogP contribution in [-0.2, 0) is 6.54 Å². The van der Waals surface area contributed by atoms with Crippen LogP contribution in [0.2, 0.25) is 0 Å². The Hall–Kier alpha value is -0.0500. The lowest BCUT2D eigenvalue weighted by Crippen LogP contribution is -2.14. The topological polar surface area (TPSA) is 12.0 Å². The van der Waals surface area contributed by atoms with Gasteiger partial charge in [0.05, 0.1) is 0 Å². The van der Waals surface area contributed by atoms with E-state index in [2.05, 4.69) is 45.5 Å². The van der Waals surface area contributed by atoms with E-state index in [-0.39, 0.29) is 0 Å². The first-order chi connectivity index (χ1) is 6.33. The lowest BCUT2D eigenvalue weighted by molar-refractivity contribution is 0.677. The van der Waals surface area contributed by atoms with Crippen molar-refractivity contribution in [2.75, 3.05) is 12.4 Å². The highest BCUT2D eigenvalue weighted by atomic mass is 79.9. The van der Waals surface area contributed by atoms with Crippen molar-refractivity contribution in [3.8, 4) is 0 Å². The highest BCUT2D eigenvalue weighted by Crippen LogP contribution is 2.09. The molecule has 1 aromatic carbocycles. The van der Waals surface area contributed by atoms with Crippen LogP contribution >= 0.6 is 27.5 Å². The van der Waals surface area contributed by atoms with Gasteiger partial charge in [-0.1, -0.05) is 28.1 Å². The van der Waals surface area contributed by atoms with Gasteiger partial charge in [-0.2, -0.15) is 0 Å². The summed E-state index contributed by atoms with van der Waals surface area (Å²) in [6.07, 6.45) is 1.03. The van der Waals surface area contributed by atoms with Crippen LogP contribution in [0.25, 0.3) is 0 Å². The Labute approximate surface area is 92.6 Å². The van der Waals surface area contributed by atoms with Crippen molar-refractivity contribution >= 4 is 27.5 Å². The minimum absolute atomic E-state index is 0.730. The molecule has 1 N–H and O–H groups in total. The van der Waals surface area contributed by atoms with Gasteiger partial charge in [0.2, 0.25) is 0 Å². The van der Waals surface area contributed by atoms with Crippen LogP contribution in [-0.4, -0.2) is 12.4 Å². The Bertz CT molecular complexity index is 235. The molecule has 0 bridgehead atoms. The van der Waals surface area contributed by atoms with Crippen LogP contribution in [0.5, 0.6) is 0 Å². The van der Waals surface area contributed by atoms with Crippen molar-refractivity contribution in [3.05, 3.63) is 34.3 Å². The molecule has 0 amide bonds. The van der Waals surface area contributed by atoms with Crippen molar-refractivity contribution in [3.63, 3.8) is 0 Å². The molecular formula is C10H13BrClN. The average Bonchev–Trinajstić information content (AvgIpc) is 2.15. The number of rotatable bonds is 5. The Kier molecular flexibility index (Phi) is 5.44. The first-order valence-corrected chi connectivity index (χ1v) is 5.67. The van der Waals surface area contributed by atoms with E-state index < -0.39 is 0 Å². The van der Waals surface area contributed by atoms with Gasteiger partial charge < -0.3 is 5.32 Å². The maximum Gasteiger partial charge on any atom is 0.0235 e. The van der Waals surface area contributed by atoms with Gasteiger partial charge in [-0.15, -0.1) is 11.6 Å². The standard InChI is InChI=1S/C10H13BrClN/c11-10-4-2-9(3-5-10)8-13-7-1-6-12/h2-5,13H,1,6-8H2. The quantitative estimate of drug-likeness (QED) is 0.635. The maximum atomic E-state index is 5.56. The van der Waals surface area contributed by atoms with Gasteiger partial charge in [0, 0.05) is 16.9 Å². The largest absolute Gasteiger partial charge is 0.313 e. The summed E-state index contributed by atoms with van der Waals surface area (Å²) >= 11 is 8.96. The molecule has 0 saturated heterocycles. The second-order valence-electron chi connectivity index (χ2n) is 2.85. The summed E-state index contributed by atoms with van der Waals surface area (Å²) in [5.74, 6) is 0.730. The van der Waals surface area contributed by atoms with Gasteiger partial charge in [-0.3, -0.25) is 0 Å². The van der Waals surface area contributed by atoms with Crippen LogP contribution in [0.15, 0.2) is 28.7 Å². The fourth-order valence-electron chi connectivity index (χ4n) is 1.03. The SMILES string of the molecule is ClCCCNCc1ccc(Br)cc1. The summed E-state index contributed by atoms with van der Waals surface area (Å²) < 4.78 is 1.12. The van der Waals surface area contributed by atoms with E-state index in [1.165, 1.54) is 5.56 Å². The predicted molar refractivity (Wildman–Crippen MR) is 61.2 cm³/mol. The van der Waals surface area contributed by atoms with Gasteiger partial charge in [-0.25, -0.2) is 0 Å². The van der Waals surface area contributed by atoms with Gasteiger partial charge in [0.25, 0.3) is 0 Å². The minimum Gasteiger partial charge on any atom is -0.313 e. The zero-order valence-corrected chi connectivity index (χ0v) is 9.74. The van der Waals surface area contributed by atoms with E-state index in [9.17, 15) is 0 Å². The zero-order chi connectivity index (χ0) is 9.52. The predicted octanol–water partition coefficient (Wildman–Crippen LogP) is 3.17. The number of hydrogen-bond donors (Lipinski definition) is 1. The summed E-state index contributed by atoms with van der Waals surface area (Å²) in [6, 6.07) is 8.33. The van der Waals surface area contributed by atoms with E-state index >= 15 is 0 Å². The molecule has 0 aliphatic rings.